The number of hydrogen-bond acceptors (Lipinski definition) is 4. The van der Waals surface area contributed by atoms with E-state index in [1.807, 2.05) is 56.6 Å². The van der Waals surface area contributed by atoms with E-state index in [0.717, 1.165) is 30.1 Å². The van der Waals surface area contributed by atoms with Crippen LogP contribution in [0.2, 0.25) is 0 Å². The lowest BCUT2D eigenvalue weighted by molar-refractivity contribution is 0.342. The Hall–Kier alpha value is -2.23. The molecule has 0 fully saturated rings. The summed E-state index contributed by atoms with van der Waals surface area (Å²) in [5.41, 5.74) is 8.92. The second-order valence-corrected chi connectivity index (χ2v) is 4.61. The molecule has 0 saturated carbocycles. The summed E-state index contributed by atoms with van der Waals surface area (Å²) in [7, 11) is 2.03. The Kier molecular flexibility index (Phi) is 4.82. The monoisotopic (exact) mass is 271 g/mol. The zero-order valence-electron chi connectivity index (χ0n) is 12.0. The number of pyridine rings is 1. The summed E-state index contributed by atoms with van der Waals surface area (Å²) in [6.45, 7) is 3.43. The van der Waals surface area contributed by atoms with Crippen molar-refractivity contribution in [3.05, 3.63) is 48.3 Å². The maximum Gasteiger partial charge on any atom is 0.144 e. The molecule has 4 heteroatoms. The number of ether oxygens (including phenoxy) is 1. The maximum absolute atomic E-state index is 6.16. The molecule has 4 nitrogen and oxygen atoms in total. The highest BCUT2D eigenvalue weighted by molar-refractivity contribution is 5.73. The Morgan fingerprint density at radius 2 is 2.05 bits per heavy atom. The van der Waals surface area contributed by atoms with Gasteiger partial charge in [-0.05, 0) is 31.2 Å². The Balaban J connectivity index is 2.05. The molecule has 0 unspecified atom stereocenters. The molecule has 0 spiro atoms. The maximum atomic E-state index is 6.16. The Bertz CT molecular complexity index is 543. The molecule has 0 atom stereocenters. The molecule has 2 N–H and O–H groups in total. The number of nitrogens with two attached hydrogens (primary N) is 1. The summed E-state index contributed by atoms with van der Waals surface area (Å²) in [5, 5.41) is 0. The van der Waals surface area contributed by atoms with Crippen molar-refractivity contribution in [3.63, 3.8) is 0 Å². The minimum atomic E-state index is 0.616. The molecule has 0 bridgehead atoms. The van der Waals surface area contributed by atoms with Gasteiger partial charge in [0.25, 0.3) is 0 Å². The number of benzene rings is 1. The lowest BCUT2D eigenvalue weighted by atomic mass is 10.2. The van der Waals surface area contributed by atoms with Crippen molar-refractivity contribution in [2.75, 3.05) is 30.8 Å². The van der Waals surface area contributed by atoms with Crippen LogP contribution in [0.3, 0.4) is 0 Å². The summed E-state index contributed by atoms with van der Waals surface area (Å²) >= 11 is 0. The summed E-state index contributed by atoms with van der Waals surface area (Å²) in [4.78, 5) is 6.46. The van der Waals surface area contributed by atoms with E-state index in [0.29, 0.717) is 12.3 Å². The van der Waals surface area contributed by atoms with Gasteiger partial charge in [0.2, 0.25) is 0 Å². The Morgan fingerprint density at radius 1 is 1.20 bits per heavy atom. The van der Waals surface area contributed by atoms with Crippen LogP contribution in [0.1, 0.15) is 12.6 Å². The van der Waals surface area contributed by atoms with Crippen molar-refractivity contribution in [2.24, 2.45) is 0 Å². The minimum Gasteiger partial charge on any atom is -0.492 e. The lowest BCUT2D eigenvalue weighted by Gasteiger charge is -2.22. The number of para-hydroxylation sites is 1. The third kappa shape index (κ3) is 3.41. The molecule has 20 heavy (non-hydrogen) atoms. The molecule has 0 aliphatic rings. The highest BCUT2D eigenvalue weighted by Gasteiger charge is 2.09. The molecule has 1 heterocycles. The number of nitrogens with zero attached hydrogens (tertiary/aromatic N) is 2. The van der Waals surface area contributed by atoms with Crippen LogP contribution >= 0.6 is 0 Å². The van der Waals surface area contributed by atoms with Gasteiger partial charge >= 0.3 is 0 Å². The van der Waals surface area contributed by atoms with Crippen LogP contribution < -0.4 is 15.4 Å². The van der Waals surface area contributed by atoms with Gasteiger partial charge in [-0.3, -0.25) is 4.98 Å². The van der Waals surface area contributed by atoms with Crippen molar-refractivity contribution in [2.45, 2.75) is 13.3 Å². The van der Waals surface area contributed by atoms with Gasteiger partial charge in [0.05, 0.1) is 18.0 Å². The molecule has 0 saturated heterocycles. The van der Waals surface area contributed by atoms with Gasteiger partial charge in [0.1, 0.15) is 5.75 Å². The topological polar surface area (TPSA) is 51.4 Å². The van der Waals surface area contributed by atoms with Crippen molar-refractivity contribution in [1.29, 1.82) is 0 Å². The van der Waals surface area contributed by atoms with E-state index in [1.54, 1.807) is 0 Å². The van der Waals surface area contributed by atoms with E-state index < -0.39 is 0 Å². The van der Waals surface area contributed by atoms with Gasteiger partial charge in [-0.1, -0.05) is 12.1 Å². The van der Waals surface area contributed by atoms with Crippen LogP contribution in [0, 0.1) is 0 Å². The second-order valence-electron chi connectivity index (χ2n) is 4.61. The summed E-state index contributed by atoms with van der Waals surface area (Å²) in [6, 6.07) is 11.8. The van der Waals surface area contributed by atoms with Crippen LogP contribution in [0.25, 0.3) is 0 Å². The number of hydrogen-bond donors (Lipinski definition) is 1. The first-order valence-corrected chi connectivity index (χ1v) is 6.84. The zero-order chi connectivity index (χ0) is 14.4. The van der Waals surface area contributed by atoms with E-state index in [9.17, 15) is 0 Å². The van der Waals surface area contributed by atoms with Gasteiger partial charge in [-0.25, -0.2) is 0 Å². The van der Waals surface area contributed by atoms with Gasteiger partial charge < -0.3 is 15.4 Å². The molecule has 0 amide bonds. The third-order valence-corrected chi connectivity index (χ3v) is 3.18. The first-order valence-electron chi connectivity index (χ1n) is 6.84. The molecule has 0 aliphatic carbocycles. The first-order chi connectivity index (χ1) is 9.72. The van der Waals surface area contributed by atoms with E-state index >= 15 is 0 Å². The highest BCUT2D eigenvalue weighted by Crippen LogP contribution is 2.31. The van der Waals surface area contributed by atoms with Crippen molar-refractivity contribution >= 4 is 11.4 Å². The SMILES string of the molecule is CCOc1cccc(N(C)CCc2ccccn2)c1N. The van der Waals surface area contributed by atoms with E-state index in [1.165, 1.54) is 0 Å². The fourth-order valence-electron chi connectivity index (χ4n) is 2.10. The van der Waals surface area contributed by atoms with E-state index in [4.69, 9.17) is 10.5 Å². The Labute approximate surface area is 120 Å². The fourth-order valence-corrected chi connectivity index (χ4v) is 2.10. The van der Waals surface area contributed by atoms with E-state index in [2.05, 4.69) is 9.88 Å². The lowest BCUT2D eigenvalue weighted by Crippen LogP contribution is -2.22. The number of likely N-dealkylation sites (N-methyl/N-ethyl adjacent to an activating group) is 1. The number of anilines is 2. The summed E-state index contributed by atoms with van der Waals surface area (Å²) in [6.07, 6.45) is 2.70. The average molecular weight is 271 g/mol. The molecule has 0 radical (unpaired) electrons. The zero-order valence-corrected chi connectivity index (χ0v) is 12.0. The van der Waals surface area contributed by atoms with Crippen LogP contribution in [0.5, 0.6) is 5.75 Å². The molecule has 106 valence electrons. The smallest absolute Gasteiger partial charge is 0.144 e. The second kappa shape index (κ2) is 6.80. The molecule has 1 aromatic heterocycles. The number of aromatic nitrogens is 1. The summed E-state index contributed by atoms with van der Waals surface area (Å²) in [5.74, 6) is 0.745. The summed E-state index contributed by atoms with van der Waals surface area (Å²) < 4.78 is 5.53. The molecular formula is C16H21N3O. The largest absolute Gasteiger partial charge is 0.492 e. The van der Waals surface area contributed by atoms with Crippen LogP contribution in [0.15, 0.2) is 42.6 Å². The molecule has 0 aliphatic heterocycles. The van der Waals surface area contributed by atoms with Crippen molar-refractivity contribution in [3.8, 4) is 5.75 Å². The quantitative estimate of drug-likeness (QED) is 0.821. The highest BCUT2D eigenvalue weighted by atomic mass is 16.5. The van der Waals surface area contributed by atoms with Gasteiger partial charge in [0, 0.05) is 31.9 Å². The molecular weight excluding hydrogens is 250 g/mol. The number of rotatable bonds is 6. The molecule has 1 aromatic carbocycles. The van der Waals surface area contributed by atoms with Gasteiger partial charge in [0.15, 0.2) is 0 Å². The standard InChI is InChI=1S/C16H21N3O/c1-3-20-15-9-6-8-14(16(15)17)19(2)12-10-13-7-4-5-11-18-13/h4-9,11H,3,10,12,17H2,1-2H3. The van der Waals surface area contributed by atoms with Crippen molar-refractivity contribution < 1.29 is 4.74 Å². The van der Waals surface area contributed by atoms with Crippen LogP contribution in [-0.2, 0) is 6.42 Å². The van der Waals surface area contributed by atoms with Gasteiger partial charge in [-0.2, -0.15) is 0 Å². The van der Waals surface area contributed by atoms with Gasteiger partial charge in [-0.15, -0.1) is 0 Å². The third-order valence-electron chi connectivity index (χ3n) is 3.18. The Morgan fingerprint density at radius 3 is 2.75 bits per heavy atom. The van der Waals surface area contributed by atoms with Crippen molar-refractivity contribution in [1.82, 2.24) is 4.98 Å². The fraction of sp³-hybridized carbons (Fsp3) is 0.312. The average Bonchev–Trinajstić information content (AvgIpc) is 2.48. The van der Waals surface area contributed by atoms with Crippen LogP contribution in [0.4, 0.5) is 11.4 Å². The predicted octanol–water partition coefficient (Wildman–Crippen LogP) is 2.74. The minimum absolute atomic E-state index is 0.616. The van der Waals surface area contributed by atoms with Crippen LogP contribution in [-0.4, -0.2) is 25.2 Å². The molecule has 2 rings (SSSR count). The molecule has 2 aromatic rings. The predicted molar refractivity (Wildman–Crippen MR) is 83.2 cm³/mol. The normalized spacial score (nSPS) is 10.3. The first kappa shape index (κ1) is 14.2. The number of nitrogen functional groups attached to an aromatic ring is 1. The van der Waals surface area contributed by atoms with E-state index in [-0.39, 0.29) is 0 Å².